The molecule has 0 fully saturated rings. The van der Waals surface area contributed by atoms with E-state index in [4.69, 9.17) is 4.42 Å². The summed E-state index contributed by atoms with van der Waals surface area (Å²) >= 11 is 3.43. The molecular weight excluding hydrogens is 356 g/mol. The highest BCUT2D eigenvalue weighted by molar-refractivity contribution is 9.10. The first-order chi connectivity index (χ1) is 11.3. The van der Waals surface area contributed by atoms with Crippen LogP contribution >= 0.6 is 15.9 Å². The Kier molecular flexibility index (Phi) is 3.52. The van der Waals surface area contributed by atoms with E-state index in [0.29, 0.717) is 5.88 Å². The highest BCUT2D eigenvalue weighted by Gasteiger charge is 2.18. The van der Waals surface area contributed by atoms with Gasteiger partial charge in [0.25, 0.3) is 0 Å². The smallest absolute Gasteiger partial charge is 0.226 e. The lowest BCUT2D eigenvalue weighted by Crippen LogP contribution is -1.99. The van der Waals surface area contributed by atoms with Crippen LogP contribution in [0.1, 0.15) is 5.56 Å². The predicted molar refractivity (Wildman–Crippen MR) is 92.4 cm³/mol. The molecule has 2 aromatic heterocycles. The van der Waals surface area contributed by atoms with E-state index in [2.05, 4.69) is 21.0 Å². The zero-order valence-electron chi connectivity index (χ0n) is 12.1. The number of halogens is 1. The molecule has 0 aliphatic heterocycles. The van der Waals surface area contributed by atoms with Crippen molar-refractivity contribution in [1.29, 1.82) is 0 Å². The molecule has 1 N–H and O–H groups in total. The average Bonchev–Trinajstić information content (AvgIpc) is 3.18. The Balaban J connectivity index is 1.89. The third-order valence-corrected chi connectivity index (χ3v) is 4.38. The van der Waals surface area contributed by atoms with Crippen molar-refractivity contribution in [2.75, 3.05) is 0 Å². The fourth-order valence-electron chi connectivity index (χ4n) is 2.71. The van der Waals surface area contributed by atoms with Gasteiger partial charge in [-0.1, -0.05) is 46.3 Å². The van der Waals surface area contributed by atoms with E-state index in [1.54, 1.807) is 17.1 Å². The summed E-state index contributed by atoms with van der Waals surface area (Å²) in [6.45, 7) is -0.120. The number of aromatic nitrogens is 2. The Morgan fingerprint density at radius 1 is 1.09 bits per heavy atom. The van der Waals surface area contributed by atoms with Gasteiger partial charge in [0.2, 0.25) is 5.88 Å². The molecule has 0 amide bonds. The van der Waals surface area contributed by atoms with Crippen molar-refractivity contribution in [2.24, 2.45) is 0 Å². The minimum absolute atomic E-state index is 0.120. The first-order valence-corrected chi connectivity index (χ1v) is 7.97. The van der Waals surface area contributed by atoms with Crippen molar-refractivity contribution in [2.45, 2.75) is 6.61 Å². The van der Waals surface area contributed by atoms with Crippen molar-refractivity contribution in [1.82, 2.24) is 9.78 Å². The Morgan fingerprint density at radius 3 is 2.65 bits per heavy atom. The molecule has 0 aliphatic carbocycles. The van der Waals surface area contributed by atoms with Crippen LogP contribution in [0.15, 0.2) is 69.9 Å². The van der Waals surface area contributed by atoms with E-state index in [-0.39, 0.29) is 6.61 Å². The van der Waals surface area contributed by atoms with Crippen molar-refractivity contribution in [3.05, 3.63) is 71.0 Å². The van der Waals surface area contributed by atoms with E-state index in [1.807, 2.05) is 48.5 Å². The van der Waals surface area contributed by atoms with Crippen LogP contribution in [0, 0.1) is 0 Å². The number of rotatable bonds is 3. The maximum absolute atomic E-state index is 9.86. The van der Waals surface area contributed by atoms with Crippen LogP contribution in [0.4, 0.5) is 0 Å². The maximum Gasteiger partial charge on any atom is 0.226 e. The van der Waals surface area contributed by atoms with Crippen LogP contribution in [-0.4, -0.2) is 14.9 Å². The van der Waals surface area contributed by atoms with Gasteiger partial charge in [0, 0.05) is 15.4 Å². The van der Waals surface area contributed by atoms with Crippen LogP contribution in [0.2, 0.25) is 0 Å². The molecule has 0 atom stereocenters. The molecule has 5 heteroatoms. The first kappa shape index (κ1) is 14.2. The summed E-state index contributed by atoms with van der Waals surface area (Å²) in [7, 11) is 0. The molecule has 23 heavy (non-hydrogen) atoms. The van der Waals surface area contributed by atoms with Crippen molar-refractivity contribution >= 4 is 26.8 Å². The molecule has 0 saturated carbocycles. The molecule has 0 radical (unpaired) electrons. The fraction of sp³-hybridized carbons (Fsp3) is 0.0556. The third kappa shape index (κ3) is 2.38. The Bertz CT molecular complexity index is 970. The summed E-state index contributed by atoms with van der Waals surface area (Å²) in [6.07, 6.45) is 3.46. The molecule has 2 aromatic carbocycles. The third-order valence-electron chi connectivity index (χ3n) is 3.85. The molecule has 2 heterocycles. The Morgan fingerprint density at radius 2 is 1.87 bits per heavy atom. The monoisotopic (exact) mass is 368 g/mol. The Hall–Kier alpha value is -2.37. The molecule has 0 aliphatic rings. The SMILES string of the molecule is OCc1c(-c2ccc(Br)cc2)coc1-n1ncc2ccccc21. The van der Waals surface area contributed by atoms with Crippen molar-refractivity contribution in [3.63, 3.8) is 0 Å². The summed E-state index contributed by atoms with van der Waals surface area (Å²) in [5.74, 6) is 0.548. The van der Waals surface area contributed by atoms with Gasteiger partial charge in [0.1, 0.15) is 6.26 Å². The van der Waals surface area contributed by atoms with E-state index in [1.165, 1.54) is 0 Å². The minimum atomic E-state index is -0.120. The second-order valence-corrected chi connectivity index (χ2v) is 6.13. The minimum Gasteiger partial charge on any atom is -0.446 e. The number of furan rings is 1. The van der Waals surface area contributed by atoms with Crippen LogP contribution in [0.3, 0.4) is 0 Å². The van der Waals surface area contributed by atoms with Gasteiger partial charge >= 0.3 is 0 Å². The molecule has 4 rings (SSSR count). The van der Waals surface area contributed by atoms with Crippen LogP contribution in [0.5, 0.6) is 0 Å². The number of aliphatic hydroxyl groups excluding tert-OH is 1. The number of aliphatic hydroxyl groups is 1. The van der Waals surface area contributed by atoms with Gasteiger partial charge in [-0.2, -0.15) is 9.78 Å². The molecule has 0 bridgehead atoms. The lowest BCUT2D eigenvalue weighted by atomic mass is 10.0. The zero-order valence-corrected chi connectivity index (χ0v) is 13.7. The van der Waals surface area contributed by atoms with Gasteiger partial charge in [-0.15, -0.1) is 0 Å². The molecule has 4 nitrogen and oxygen atoms in total. The Labute approximate surface area is 141 Å². The van der Waals surface area contributed by atoms with Gasteiger partial charge in [-0.3, -0.25) is 0 Å². The van der Waals surface area contributed by atoms with Gasteiger partial charge in [0.15, 0.2) is 0 Å². The van der Waals surface area contributed by atoms with E-state index in [0.717, 1.165) is 32.1 Å². The lowest BCUT2D eigenvalue weighted by molar-refractivity contribution is 0.280. The normalized spacial score (nSPS) is 11.2. The predicted octanol–water partition coefficient (Wildman–Crippen LogP) is 4.54. The topological polar surface area (TPSA) is 51.2 Å². The van der Waals surface area contributed by atoms with Gasteiger partial charge < -0.3 is 9.52 Å². The van der Waals surface area contributed by atoms with Crippen molar-refractivity contribution in [3.8, 4) is 17.0 Å². The summed E-state index contributed by atoms with van der Waals surface area (Å²) < 4.78 is 8.49. The summed E-state index contributed by atoms with van der Waals surface area (Å²) in [4.78, 5) is 0. The second kappa shape index (κ2) is 5.68. The molecular formula is C18H13BrN2O2. The number of fused-ring (bicyclic) bond motifs is 1. The number of hydrogen-bond donors (Lipinski definition) is 1. The van der Waals surface area contributed by atoms with Gasteiger partial charge in [0.05, 0.1) is 23.9 Å². The summed E-state index contributed by atoms with van der Waals surface area (Å²) in [5, 5.41) is 15.3. The van der Waals surface area contributed by atoms with Gasteiger partial charge in [-0.05, 0) is 23.8 Å². The van der Waals surface area contributed by atoms with Crippen LogP contribution in [-0.2, 0) is 6.61 Å². The van der Waals surface area contributed by atoms with Crippen LogP contribution < -0.4 is 0 Å². The van der Waals surface area contributed by atoms with E-state index < -0.39 is 0 Å². The van der Waals surface area contributed by atoms with E-state index in [9.17, 15) is 5.11 Å². The maximum atomic E-state index is 9.86. The number of hydrogen-bond acceptors (Lipinski definition) is 3. The number of para-hydroxylation sites is 1. The quantitative estimate of drug-likeness (QED) is 0.577. The molecule has 0 saturated heterocycles. The lowest BCUT2D eigenvalue weighted by Gasteiger charge is -2.04. The molecule has 0 unspecified atom stereocenters. The summed E-state index contributed by atoms with van der Waals surface area (Å²) in [6, 6.07) is 15.8. The number of nitrogens with zero attached hydrogens (tertiary/aromatic N) is 2. The fourth-order valence-corrected chi connectivity index (χ4v) is 2.97. The summed E-state index contributed by atoms with van der Waals surface area (Å²) in [5.41, 5.74) is 3.53. The van der Waals surface area contributed by atoms with E-state index >= 15 is 0 Å². The number of benzene rings is 2. The molecule has 0 spiro atoms. The average molecular weight is 369 g/mol. The second-order valence-electron chi connectivity index (χ2n) is 5.21. The largest absolute Gasteiger partial charge is 0.446 e. The van der Waals surface area contributed by atoms with Crippen molar-refractivity contribution < 1.29 is 9.52 Å². The zero-order chi connectivity index (χ0) is 15.8. The highest BCUT2D eigenvalue weighted by Crippen LogP contribution is 2.32. The highest BCUT2D eigenvalue weighted by atomic mass is 79.9. The first-order valence-electron chi connectivity index (χ1n) is 7.18. The standard InChI is InChI=1S/C18H13BrN2O2/c19-14-7-5-12(6-8-14)16-11-23-18(15(16)10-22)21-17-4-2-1-3-13(17)9-20-21/h1-9,11,22H,10H2. The van der Waals surface area contributed by atoms with Gasteiger partial charge in [-0.25, -0.2) is 0 Å². The molecule has 4 aromatic rings. The van der Waals surface area contributed by atoms with Crippen LogP contribution in [0.25, 0.3) is 27.9 Å². The molecule has 114 valence electrons.